The molecule has 0 fully saturated rings. The van der Waals surface area contributed by atoms with Crippen molar-refractivity contribution in [2.75, 3.05) is 7.11 Å². The number of aromatic nitrogens is 2. The maximum Gasteiger partial charge on any atom is 0.242 e. The molecular weight excluding hydrogens is 254 g/mol. The number of rotatable bonds is 5. The normalized spacial score (nSPS) is 10.3. The molecule has 2 aromatic rings. The molecular formula is C15H19N3O2. The van der Waals surface area contributed by atoms with E-state index in [1.807, 2.05) is 44.2 Å². The number of aryl methyl sites for hydroxylation is 2. The van der Waals surface area contributed by atoms with E-state index in [9.17, 15) is 4.79 Å². The van der Waals surface area contributed by atoms with Gasteiger partial charge in [-0.25, -0.2) is 0 Å². The molecule has 1 aromatic carbocycles. The Bertz CT molecular complexity index is 605. The van der Waals surface area contributed by atoms with Gasteiger partial charge in [-0.2, -0.15) is 5.10 Å². The summed E-state index contributed by atoms with van der Waals surface area (Å²) in [7, 11) is 1.62. The van der Waals surface area contributed by atoms with Gasteiger partial charge in [-0.05, 0) is 26.0 Å². The van der Waals surface area contributed by atoms with Gasteiger partial charge in [0.15, 0.2) is 0 Å². The maximum atomic E-state index is 11.9. The van der Waals surface area contributed by atoms with E-state index in [-0.39, 0.29) is 12.5 Å². The Morgan fingerprint density at radius 1 is 1.35 bits per heavy atom. The smallest absolute Gasteiger partial charge is 0.242 e. The number of methoxy groups -OCH3 is 1. The number of carbonyl (C=O) groups is 1. The fraction of sp³-hybridized carbons (Fsp3) is 0.333. The van der Waals surface area contributed by atoms with Gasteiger partial charge >= 0.3 is 0 Å². The average molecular weight is 273 g/mol. The highest BCUT2D eigenvalue weighted by atomic mass is 16.5. The van der Waals surface area contributed by atoms with Crippen molar-refractivity contribution in [2.24, 2.45) is 0 Å². The number of benzene rings is 1. The van der Waals surface area contributed by atoms with Gasteiger partial charge < -0.3 is 10.1 Å². The van der Waals surface area contributed by atoms with Crippen LogP contribution in [0.4, 0.5) is 0 Å². The van der Waals surface area contributed by atoms with Crippen molar-refractivity contribution in [3.63, 3.8) is 0 Å². The third-order valence-corrected chi connectivity index (χ3v) is 3.07. The molecule has 1 N–H and O–H groups in total. The van der Waals surface area contributed by atoms with E-state index in [4.69, 9.17) is 4.74 Å². The molecule has 5 heteroatoms. The second-order valence-electron chi connectivity index (χ2n) is 4.67. The first-order valence-corrected chi connectivity index (χ1v) is 6.50. The number of para-hydroxylation sites is 1. The third-order valence-electron chi connectivity index (χ3n) is 3.07. The summed E-state index contributed by atoms with van der Waals surface area (Å²) in [5.41, 5.74) is 2.85. The summed E-state index contributed by atoms with van der Waals surface area (Å²) in [6.45, 7) is 4.53. The highest BCUT2D eigenvalue weighted by Gasteiger charge is 2.08. The zero-order chi connectivity index (χ0) is 14.5. The first kappa shape index (κ1) is 14.1. The summed E-state index contributed by atoms with van der Waals surface area (Å²) in [5, 5.41) is 7.15. The number of hydrogen-bond acceptors (Lipinski definition) is 3. The van der Waals surface area contributed by atoms with Gasteiger partial charge in [0.1, 0.15) is 12.3 Å². The molecule has 5 nitrogen and oxygen atoms in total. The molecule has 106 valence electrons. The van der Waals surface area contributed by atoms with Crippen LogP contribution in [-0.4, -0.2) is 22.8 Å². The standard InChI is InChI=1S/C15H19N3O2/c1-11-8-12(2)18(17-11)10-15(19)16-9-13-6-4-5-7-14(13)20-3/h4-8H,9-10H2,1-3H3,(H,16,19). The molecule has 1 aromatic heterocycles. The highest BCUT2D eigenvalue weighted by molar-refractivity contribution is 5.75. The van der Waals surface area contributed by atoms with E-state index in [0.29, 0.717) is 6.54 Å². The molecule has 0 saturated heterocycles. The summed E-state index contributed by atoms with van der Waals surface area (Å²) >= 11 is 0. The van der Waals surface area contributed by atoms with Crippen LogP contribution in [0.25, 0.3) is 0 Å². The number of hydrogen-bond donors (Lipinski definition) is 1. The Labute approximate surface area is 118 Å². The number of nitrogens with zero attached hydrogens (tertiary/aromatic N) is 2. The third kappa shape index (κ3) is 3.38. The van der Waals surface area contributed by atoms with Crippen molar-refractivity contribution in [3.05, 3.63) is 47.3 Å². The SMILES string of the molecule is COc1ccccc1CNC(=O)Cn1nc(C)cc1C. The average Bonchev–Trinajstić information content (AvgIpc) is 2.75. The Kier molecular flexibility index (Phi) is 4.40. The quantitative estimate of drug-likeness (QED) is 0.904. The second-order valence-corrected chi connectivity index (χ2v) is 4.67. The minimum absolute atomic E-state index is 0.0675. The fourth-order valence-electron chi connectivity index (χ4n) is 2.07. The van der Waals surface area contributed by atoms with E-state index >= 15 is 0 Å². The summed E-state index contributed by atoms with van der Waals surface area (Å²) in [6, 6.07) is 9.59. The molecule has 0 atom stereocenters. The van der Waals surface area contributed by atoms with E-state index in [1.165, 1.54) is 0 Å². The lowest BCUT2D eigenvalue weighted by molar-refractivity contribution is -0.122. The fourth-order valence-corrected chi connectivity index (χ4v) is 2.07. The van der Waals surface area contributed by atoms with Crippen LogP contribution in [0.15, 0.2) is 30.3 Å². The van der Waals surface area contributed by atoms with Crippen molar-refractivity contribution in [3.8, 4) is 5.75 Å². The van der Waals surface area contributed by atoms with E-state index in [1.54, 1.807) is 11.8 Å². The van der Waals surface area contributed by atoms with Crippen LogP contribution in [0, 0.1) is 13.8 Å². The topological polar surface area (TPSA) is 56.1 Å². The zero-order valence-corrected chi connectivity index (χ0v) is 12.0. The number of amides is 1. The Balaban J connectivity index is 1.94. The molecule has 0 aliphatic carbocycles. The van der Waals surface area contributed by atoms with Gasteiger partial charge in [0.25, 0.3) is 0 Å². The maximum absolute atomic E-state index is 11.9. The summed E-state index contributed by atoms with van der Waals surface area (Å²) in [6.07, 6.45) is 0. The molecule has 0 saturated carbocycles. The number of ether oxygens (including phenoxy) is 1. The molecule has 0 radical (unpaired) electrons. The van der Waals surface area contributed by atoms with Gasteiger partial charge in [-0.3, -0.25) is 9.48 Å². The van der Waals surface area contributed by atoms with Crippen molar-refractivity contribution in [1.29, 1.82) is 0 Å². The molecule has 1 amide bonds. The van der Waals surface area contributed by atoms with Crippen LogP contribution in [0.3, 0.4) is 0 Å². The zero-order valence-electron chi connectivity index (χ0n) is 12.0. The second kappa shape index (κ2) is 6.23. The van der Waals surface area contributed by atoms with Gasteiger partial charge in [-0.15, -0.1) is 0 Å². The van der Waals surface area contributed by atoms with E-state index in [2.05, 4.69) is 10.4 Å². The first-order chi connectivity index (χ1) is 9.60. The van der Waals surface area contributed by atoms with Gasteiger partial charge in [0, 0.05) is 17.8 Å². The van der Waals surface area contributed by atoms with Crippen LogP contribution in [-0.2, 0) is 17.9 Å². The Hall–Kier alpha value is -2.30. The van der Waals surface area contributed by atoms with Gasteiger partial charge in [-0.1, -0.05) is 18.2 Å². The summed E-state index contributed by atoms with van der Waals surface area (Å²) in [4.78, 5) is 11.9. The highest BCUT2D eigenvalue weighted by Crippen LogP contribution is 2.16. The number of nitrogens with one attached hydrogen (secondary N) is 1. The lowest BCUT2D eigenvalue weighted by atomic mass is 10.2. The lowest BCUT2D eigenvalue weighted by Crippen LogP contribution is -2.28. The Morgan fingerprint density at radius 3 is 2.75 bits per heavy atom. The van der Waals surface area contributed by atoms with Crippen molar-refractivity contribution >= 4 is 5.91 Å². The van der Waals surface area contributed by atoms with Crippen LogP contribution < -0.4 is 10.1 Å². The van der Waals surface area contributed by atoms with Crippen LogP contribution in [0.2, 0.25) is 0 Å². The summed E-state index contributed by atoms with van der Waals surface area (Å²) in [5.74, 6) is 0.709. The molecule has 20 heavy (non-hydrogen) atoms. The monoisotopic (exact) mass is 273 g/mol. The van der Waals surface area contributed by atoms with Crippen LogP contribution >= 0.6 is 0 Å². The summed E-state index contributed by atoms with van der Waals surface area (Å²) < 4.78 is 6.95. The predicted octanol–water partition coefficient (Wildman–Crippen LogP) is 1.82. The lowest BCUT2D eigenvalue weighted by Gasteiger charge is -2.10. The van der Waals surface area contributed by atoms with E-state index < -0.39 is 0 Å². The largest absolute Gasteiger partial charge is 0.496 e. The molecule has 0 aliphatic heterocycles. The minimum Gasteiger partial charge on any atom is -0.496 e. The minimum atomic E-state index is -0.0675. The number of carbonyl (C=O) groups excluding carboxylic acids is 1. The van der Waals surface area contributed by atoms with Crippen LogP contribution in [0.1, 0.15) is 17.0 Å². The van der Waals surface area contributed by atoms with Crippen LogP contribution in [0.5, 0.6) is 5.75 Å². The molecule has 0 bridgehead atoms. The van der Waals surface area contributed by atoms with Crippen molar-refractivity contribution in [2.45, 2.75) is 26.9 Å². The predicted molar refractivity (Wildman–Crippen MR) is 76.5 cm³/mol. The Morgan fingerprint density at radius 2 is 2.10 bits per heavy atom. The molecule has 2 rings (SSSR count). The molecule has 0 aliphatic rings. The molecule has 0 unspecified atom stereocenters. The van der Waals surface area contributed by atoms with E-state index in [0.717, 1.165) is 22.7 Å². The van der Waals surface area contributed by atoms with Gasteiger partial charge in [0.2, 0.25) is 5.91 Å². The molecule has 0 spiro atoms. The van der Waals surface area contributed by atoms with Gasteiger partial charge in [0.05, 0.1) is 12.8 Å². The van der Waals surface area contributed by atoms with Crippen molar-refractivity contribution in [1.82, 2.24) is 15.1 Å². The molecule has 1 heterocycles. The van der Waals surface area contributed by atoms with Crippen molar-refractivity contribution < 1.29 is 9.53 Å². The first-order valence-electron chi connectivity index (χ1n) is 6.50.